The Morgan fingerprint density at radius 2 is 1.69 bits per heavy atom. The lowest BCUT2D eigenvalue weighted by Crippen LogP contribution is -2.14. The van der Waals surface area contributed by atoms with Crippen molar-refractivity contribution >= 4 is 27.5 Å². The average Bonchev–Trinajstić information content (AvgIpc) is 3.06. The highest BCUT2D eigenvalue weighted by atomic mass is 32.2. The maximum Gasteiger partial charge on any atom is 0.338 e. The Morgan fingerprint density at radius 3 is 2.38 bits per heavy atom. The molecule has 26 heavy (non-hydrogen) atoms. The summed E-state index contributed by atoms with van der Waals surface area (Å²) in [5, 5.41) is 0. The zero-order valence-corrected chi connectivity index (χ0v) is 14.5. The van der Waals surface area contributed by atoms with Gasteiger partial charge in [-0.25, -0.2) is 13.2 Å². The number of fused-ring (bicyclic) bond motifs is 1. The Hall–Kier alpha value is -3.07. The molecule has 9 heteroatoms. The number of anilines is 1. The second-order valence-corrected chi connectivity index (χ2v) is 7.27. The first-order valence-corrected chi connectivity index (χ1v) is 9.39. The molecule has 1 N–H and O–H groups in total. The van der Waals surface area contributed by atoms with Crippen LogP contribution in [0.4, 0.5) is 5.69 Å². The molecule has 1 aliphatic rings. The van der Waals surface area contributed by atoms with E-state index in [2.05, 4.69) is 4.72 Å². The smallest absolute Gasteiger partial charge is 0.338 e. The number of ketones is 1. The maximum absolute atomic E-state index is 12.1. The molecule has 0 saturated heterocycles. The predicted octanol–water partition coefficient (Wildman–Crippen LogP) is 1.83. The number of esters is 1. The van der Waals surface area contributed by atoms with Crippen LogP contribution < -0.4 is 14.2 Å². The van der Waals surface area contributed by atoms with E-state index in [-0.39, 0.29) is 12.4 Å². The third kappa shape index (κ3) is 4.31. The highest BCUT2D eigenvalue weighted by Gasteiger charge is 2.18. The molecular formula is C17H15NO7S. The third-order valence-corrected chi connectivity index (χ3v) is 4.06. The fraction of sp³-hybridized carbons (Fsp3) is 0.176. The molecule has 0 aliphatic carbocycles. The molecule has 3 rings (SSSR count). The fourth-order valence-electron chi connectivity index (χ4n) is 2.26. The highest BCUT2D eigenvalue weighted by molar-refractivity contribution is 7.92. The SMILES string of the molecule is CS(=O)(=O)Nc1ccc(C(=O)COC(=O)c2ccc3c(c2)OCO3)cc1. The predicted molar refractivity (Wildman–Crippen MR) is 92.1 cm³/mol. The van der Waals surface area contributed by atoms with Gasteiger partial charge in [-0.2, -0.15) is 0 Å². The first-order chi connectivity index (χ1) is 12.3. The molecule has 0 radical (unpaired) electrons. The molecule has 8 nitrogen and oxygen atoms in total. The number of carbonyl (C=O) groups is 2. The van der Waals surface area contributed by atoms with E-state index < -0.39 is 28.4 Å². The lowest BCUT2D eigenvalue weighted by Gasteiger charge is -2.07. The van der Waals surface area contributed by atoms with Crippen molar-refractivity contribution in [2.24, 2.45) is 0 Å². The summed E-state index contributed by atoms with van der Waals surface area (Å²) < 4.78 is 40.0. The Labute approximate surface area is 149 Å². The van der Waals surface area contributed by atoms with Crippen molar-refractivity contribution in [3.63, 3.8) is 0 Å². The first kappa shape index (κ1) is 17.7. The van der Waals surface area contributed by atoms with Crippen LogP contribution in [-0.4, -0.2) is 39.8 Å². The maximum atomic E-state index is 12.1. The van der Waals surface area contributed by atoms with E-state index in [1.165, 1.54) is 36.4 Å². The van der Waals surface area contributed by atoms with E-state index in [4.69, 9.17) is 14.2 Å². The van der Waals surface area contributed by atoms with E-state index in [1.54, 1.807) is 6.07 Å². The van der Waals surface area contributed by atoms with Crippen LogP contribution in [0.3, 0.4) is 0 Å². The van der Waals surface area contributed by atoms with E-state index in [0.717, 1.165) is 6.26 Å². The van der Waals surface area contributed by atoms with Gasteiger partial charge in [-0.05, 0) is 42.5 Å². The third-order valence-electron chi connectivity index (χ3n) is 3.45. The van der Waals surface area contributed by atoms with Crippen LogP contribution in [-0.2, 0) is 14.8 Å². The number of nitrogens with one attached hydrogen (secondary N) is 1. The minimum atomic E-state index is -3.39. The molecule has 2 aromatic rings. The number of hydrogen-bond acceptors (Lipinski definition) is 7. The van der Waals surface area contributed by atoms with E-state index in [9.17, 15) is 18.0 Å². The largest absolute Gasteiger partial charge is 0.454 e. The number of Topliss-reactive ketones (excluding diaryl/α,β-unsaturated/α-hetero) is 1. The molecule has 0 spiro atoms. The van der Waals surface area contributed by atoms with Crippen molar-refractivity contribution in [1.82, 2.24) is 0 Å². The van der Waals surface area contributed by atoms with Gasteiger partial charge >= 0.3 is 5.97 Å². The van der Waals surface area contributed by atoms with Crippen LogP contribution >= 0.6 is 0 Å². The molecule has 0 saturated carbocycles. The molecule has 1 aliphatic heterocycles. The summed E-state index contributed by atoms with van der Waals surface area (Å²) in [6.07, 6.45) is 1.03. The van der Waals surface area contributed by atoms with Crippen LogP contribution in [0.25, 0.3) is 0 Å². The Balaban J connectivity index is 1.59. The number of ether oxygens (including phenoxy) is 3. The summed E-state index contributed by atoms with van der Waals surface area (Å²) in [6.45, 7) is -0.345. The second-order valence-electron chi connectivity index (χ2n) is 5.52. The van der Waals surface area contributed by atoms with Crippen LogP contribution in [0.2, 0.25) is 0 Å². The van der Waals surface area contributed by atoms with Crippen LogP contribution in [0.15, 0.2) is 42.5 Å². The summed E-state index contributed by atoms with van der Waals surface area (Å²) in [7, 11) is -3.39. The van der Waals surface area contributed by atoms with Gasteiger partial charge in [-0.3, -0.25) is 9.52 Å². The summed E-state index contributed by atoms with van der Waals surface area (Å²) in [4.78, 5) is 24.1. The lowest BCUT2D eigenvalue weighted by atomic mass is 10.1. The molecule has 2 aromatic carbocycles. The second kappa shape index (κ2) is 7.04. The molecule has 0 atom stereocenters. The number of hydrogen-bond donors (Lipinski definition) is 1. The minimum Gasteiger partial charge on any atom is -0.454 e. The zero-order chi connectivity index (χ0) is 18.7. The van der Waals surface area contributed by atoms with Crippen molar-refractivity contribution < 1.29 is 32.2 Å². The molecule has 0 fully saturated rings. The summed E-state index contributed by atoms with van der Waals surface area (Å²) in [5.74, 6) is -0.0860. The summed E-state index contributed by atoms with van der Waals surface area (Å²) >= 11 is 0. The van der Waals surface area contributed by atoms with Crippen LogP contribution in [0.5, 0.6) is 11.5 Å². The van der Waals surface area contributed by atoms with Gasteiger partial charge in [0.15, 0.2) is 23.9 Å². The number of carbonyl (C=O) groups excluding carboxylic acids is 2. The molecule has 1 heterocycles. The van der Waals surface area contributed by atoms with Crippen LogP contribution in [0, 0.1) is 0 Å². The van der Waals surface area contributed by atoms with Crippen molar-refractivity contribution in [1.29, 1.82) is 0 Å². The van der Waals surface area contributed by atoms with Gasteiger partial charge in [-0.1, -0.05) is 0 Å². The van der Waals surface area contributed by atoms with Gasteiger partial charge in [0.2, 0.25) is 16.8 Å². The Morgan fingerprint density at radius 1 is 1.04 bits per heavy atom. The van der Waals surface area contributed by atoms with Gasteiger partial charge in [0.1, 0.15) is 0 Å². The summed E-state index contributed by atoms with van der Waals surface area (Å²) in [6, 6.07) is 10.4. The summed E-state index contributed by atoms with van der Waals surface area (Å²) in [5.41, 5.74) is 0.874. The van der Waals surface area contributed by atoms with Crippen molar-refractivity contribution in [3.05, 3.63) is 53.6 Å². The van der Waals surface area contributed by atoms with E-state index in [1.807, 2.05) is 0 Å². The first-order valence-electron chi connectivity index (χ1n) is 7.50. The molecule has 0 aromatic heterocycles. The topological polar surface area (TPSA) is 108 Å². The number of rotatable bonds is 6. The van der Waals surface area contributed by atoms with Crippen LogP contribution in [0.1, 0.15) is 20.7 Å². The van der Waals surface area contributed by atoms with Gasteiger partial charge in [0.25, 0.3) is 0 Å². The molecule has 0 unspecified atom stereocenters. The van der Waals surface area contributed by atoms with Crippen molar-refractivity contribution in [2.45, 2.75) is 0 Å². The molecular weight excluding hydrogens is 362 g/mol. The van der Waals surface area contributed by atoms with Gasteiger partial charge in [-0.15, -0.1) is 0 Å². The molecule has 0 amide bonds. The highest BCUT2D eigenvalue weighted by Crippen LogP contribution is 2.32. The Kier molecular flexibility index (Phi) is 4.81. The standard InChI is InChI=1S/C17H15NO7S/c1-26(21,22)18-13-5-2-11(3-6-13)14(19)9-23-17(20)12-4-7-15-16(8-12)25-10-24-15/h2-8,18H,9-10H2,1H3. The lowest BCUT2D eigenvalue weighted by molar-refractivity contribution is 0.0474. The van der Waals surface area contributed by atoms with Gasteiger partial charge in [0, 0.05) is 11.3 Å². The quantitative estimate of drug-likeness (QED) is 0.604. The van der Waals surface area contributed by atoms with E-state index >= 15 is 0 Å². The monoisotopic (exact) mass is 377 g/mol. The van der Waals surface area contributed by atoms with E-state index in [0.29, 0.717) is 22.7 Å². The van der Waals surface area contributed by atoms with Gasteiger partial charge in [0.05, 0.1) is 11.8 Å². The number of sulfonamides is 1. The fourth-order valence-corrected chi connectivity index (χ4v) is 2.82. The normalized spacial score (nSPS) is 12.5. The van der Waals surface area contributed by atoms with Crippen molar-refractivity contribution in [2.75, 3.05) is 24.4 Å². The molecule has 0 bridgehead atoms. The average molecular weight is 377 g/mol. The zero-order valence-electron chi connectivity index (χ0n) is 13.7. The number of benzene rings is 2. The van der Waals surface area contributed by atoms with Crippen molar-refractivity contribution in [3.8, 4) is 11.5 Å². The minimum absolute atomic E-state index is 0.0938. The Bertz CT molecular complexity index is 952. The van der Waals surface area contributed by atoms with Gasteiger partial charge < -0.3 is 14.2 Å². The molecule has 136 valence electrons.